The number of carbonyl (C=O) groups is 1. The van der Waals surface area contributed by atoms with Gasteiger partial charge in [0, 0.05) is 24.7 Å². The van der Waals surface area contributed by atoms with Crippen LogP contribution >= 0.6 is 0 Å². The Labute approximate surface area is 112 Å². The van der Waals surface area contributed by atoms with Crippen LogP contribution in [0.1, 0.15) is 32.8 Å². The summed E-state index contributed by atoms with van der Waals surface area (Å²) in [7, 11) is 0. The predicted octanol–water partition coefficient (Wildman–Crippen LogP) is 2.49. The summed E-state index contributed by atoms with van der Waals surface area (Å²) in [5.41, 5.74) is 0.133. The molecule has 1 heterocycles. The number of nitrogens with zero attached hydrogens (tertiary/aromatic N) is 1. The summed E-state index contributed by atoms with van der Waals surface area (Å²) in [5.74, 6) is 5.15. The van der Waals surface area contributed by atoms with E-state index in [9.17, 15) is 9.18 Å². The molecule has 1 aromatic rings. The molecule has 19 heavy (non-hydrogen) atoms. The van der Waals surface area contributed by atoms with Crippen LogP contribution in [0.3, 0.4) is 0 Å². The summed E-state index contributed by atoms with van der Waals surface area (Å²) in [6.45, 7) is 5.80. The van der Waals surface area contributed by atoms with E-state index in [0.717, 1.165) is 0 Å². The normalized spacial score (nSPS) is 10.3. The number of ether oxygens (including phenoxy) is 1. The Kier molecular flexibility index (Phi) is 5.31. The van der Waals surface area contributed by atoms with Crippen molar-refractivity contribution in [2.75, 3.05) is 6.54 Å². The zero-order chi connectivity index (χ0) is 14.3. The minimum absolute atomic E-state index is 0.399. The molecule has 0 radical (unpaired) electrons. The molecule has 0 unspecified atom stereocenters. The lowest BCUT2D eigenvalue weighted by atomic mass is 10.2. The van der Waals surface area contributed by atoms with Crippen LogP contribution in [0.2, 0.25) is 0 Å². The van der Waals surface area contributed by atoms with Gasteiger partial charge in [0.1, 0.15) is 5.60 Å². The highest BCUT2D eigenvalue weighted by molar-refractivity contribution is 5.67. The summed E-state index contributed by atoms with van der Waals surface area (Å²) in [6, 6.07) is 2.81. The Bertz CT molecular complexity index is 481. The van der Waals surface area contributed by atoms with E-state index in [1.165, 1.54) is 12.3 Å². The largest absolute Gasteiger partial charge is 0.444 e. The number of amides is 1. The Hall–Kier alpha value is -2.09. The van der Waals surface area contributed by atoms with Crippen LogP contribution in [-0.2, 0) is 4.74 Å². The van der Waals surface area contributed by atoms with Crippen LogP contribution in [-0.4, -0.2) is 23.2 Å². The number of nitrogens with one attached hydrogen (secondary N) is 1. The second-order valence-electron chi connectivity index (χ2n) is 4.85. The molecule has 1 rings (SSSR count). The van der Waals surface area contributed by atoms with Gasteiger partial charge >= 0.3 is 6.09 Å². The monoisotopic (exact) mass is 264 g/mol. The smallest absolute Gasteiger partial charge is 0.407 e. The van der Waals surface area contributed by atoms with Crippen LogP contribution in [0.4, 0.5) is 9.18 Å². The first-order chi connectivity index (χ1) is 8.87. The van der Waals surface area contributed by atoms with Crippen LogP contribution in [0.15, 0.2) is 18.3 Å². The molecular formula is C14H17FN2O2. The number of rotatable bonds is 2. The van der Waals surface area contributed by atoms with E-state index >= 15 is 0 Å². The van der Waals surface area contributed by atoms with Crippen LogP contribution in [0.25, 0.3) is 0 Å². The molecule has 4 nitrogen and oxygen atoms in total. The predicted molar refractivity (Wildman–Crippen MR) is 69.9 cm³/mol. The Balaban J connectivity index is 2.28. The van der Waals surface area contributed by atoms with E-state index in [4.69, 9.17) is 4.74 Å². The van der Waals surface area contributed by atoms with Gasteiger partial charge < -0.3 is 10.1 Å². The lowest BCUT2D eigenvalue weighted by Crippen LogP contribution is -2.32. The first-order valence-corrected chi connectivity index (χ1v) is 5.94. The number of hydrogen-bond donors (Lipinski definition) is 1. The molecule has 5 heteroatoms. The molecule has 0 saturated carbocycles. The van der Waals surface area contributed by atoms with Gasteiger partial charge in [-0.15, -0.1) is 0 Å². The minimum Gasteiger partial charge on any atom is -0.444 e. The molecule has 0 bridgehead atoms. The zero-order valence-electron chi connectivity index (χ0n) is 11.3. The van der Waals surface area contributed by atoms with Crippen molar-refractivity contribution in [3.8, 4) is 11.8 Å². The molecule has 1 amide bonds. The highest BCUT2D eigenvalue weighted by Gasteiger charge is 2.15. The van der Waals surface area contributed by atoms with Crippen molar-refractivity contribution in [2.24, 2.45) is 0 Å². The summed E-state index contributed by atoms with van der Waals surface area (Å²) in [4.78, 5) is 14.8. The van der Waals surface area contributed by atoms with Crippen molar-refractivity contribution in [1.82, 2.24) is 10.3 Å². The maximum absolute atomic E-state index is 12.5. The summed E-state index contributed by atoms with van der Waals surface area (Å²) >= 11 is 0. The van der Waals surface area contributed by atoms with E-state index in [0.29, 0.717) is 18.5 Å². The van der Waals surface area contributed by atoms with Gasteiger partial charge in [-0.25, -0.2) is 9.78 Å². The SMILES string of the molecule is CC(C)(C)OC(=O)NCCC#Cc1ccc(F)nc1. The van der Waals surface area contributed by atoms with Crippen LogP contribution in [0, 0.1) is 17.8 Å². The summed E-state index contributed by atoms with van der Waals surface area (Å²) < 4.78 is 17.6. The van der Waals surface area contributed by atoms with Gasteiger partial charge in [0.15, 0.2) is 0 Å². The van der Waals surface area contributed by atoms with Crippen molar-refractivity contribution in [2.45, 2.75) is 32.8 Å². The van der Waals surface area contributed by atoms with Gasteiger partial charge in [0.2, 0.25) is 5.95 Å². The van der Waals surface area contributed by atoms with Gasteiger partial charge in [-0.2, -0.15) is 4.39 Å². The summed E-state index contributed by atoms with van der Waals surface area (Å²) in [5, 5.41) is 2.60. The fourth-order valence-corrected chi connectivity index (χ4v) is 1.16. The van der Waals surface area contributed by atoms with E-state index < -0.39 is 17.6 Å². The maximum Gasteiger partial charge on any atom is 0.407 e. The zero-order valence-corrected chi connectivity index (χ0v) is 11.3. The van der Waals surface area contributed by atoms with E-state index in [1.54, 1.807) is 26.8 Å². The van der Waals surface area contributed by atoms with Gasteiger partial charge in [-0.3, -0.25) is 0 Å². The van der Waals surface area contributed by atoms with Crippen molar-refractivity contribution >= 4 is 6.09 Å². The third-order valence-corrected chi connectivity index (χ3v) is 1.88. The van der Waals surface area contributed by atoms with E-state index in [2.05, 4.69) is 22.1 Å². The third kappa shape index (κ3) is 7.04. The molecule has 0 aliphatic carbocycles. The molecular weight excluding hydrogens is 247 g/mol. The molecule has 1 aromatic heterocycles. The fourth-order valence-electron chi connectivity index (χ4n) is 1.16. The van der Waals surface area contributed by atoms with Crippen LogP contribution < -0.4 is 5.32 Å². The number of alkyl carbamates (subject to hydrolysis) is 1. The number of halogens is 1. The molecule has 1 N–H and O–H groups in total. The molecule has 0 aromatic carbocycles. The molecule has 0 saturated heterocycles. The van der Waals surface area contributed by atoms with Crippen molar-refractivity contribution in [3.05, 3.63) is 29.8 Å². The van der Waals surface area contributed by atoms with Crippen molar-refractivity contribution in [1.29, 1.82) is 0 Å². The summed E-state index contributed by atoms with van der Waals surface area (Å²) in [6.07, 6.45) is 1.39. The maximum atomic E-state index is 12.5. The molecule has 102 valence electrons. The van der Waals surface area contributed by atoms with Crippen molar-refractivity contribution in [3.63, 3.8) is 0 Å². The quantitative estimate of drug-likeness (QED) is 0.507. The average Bonchev–Trinajstić information content (AvgIpc) is 2.29. The highest BCUT2D eigenvalue weighted by atomic mass is 19.1. The first kappa shape index (κ1) is 15.0. The van der Waals surface area contributed by atoms with E-state index in [-0.39, 0.29) is 0 Å². The lowest BCUT2D eigenvalue weighted by molar-refractivity contribution is 0.0529. The lowest BCUT2D eigenvalue weighted by Gasteiger charge is -2.19. The van der Waals surface area contributed by atoms with Crippen molar-refractivity contribution < 1.29 is 13.9 Å². The Morgan fingerprint density at radius 1 is 1.47 bits per heavy atom. The number of carbonyl (C=O) groups excluding carboxylic acids is 1. The van der Waals surface area contributed by atoms with Crippen LogP contribution in [0.5, 0.6) is 0 Å². The first-order valence-electron chi connectivity index (χ1n) is 5.94. The Morgan fingerprint density at radius 2 is 2.21 bits per heavy atom. The third-order valence-electron chi connectivity index (χ3n) is 1.88. The standard InChI is InChI=1S/C14H17FN2O2/c1-14(2,3)19-13(18)16-9-5-4-6-11-7-8-12(15)17-10-11/h7-8,10H,5,9H2,1-3H3,(H,16,18). The molecule has 0 aliphatic heterocycles. The second-order valence-corrected chi connectivity index (χ2v) is 4.85. The molecule has 0 aliphatic rings. The van der Waals surface area contributed by atoms with Gasteiger partial charge in [0.05, 0.1) is 0 Å². The van der Waals surface area contributed by atoms with Gasteiger partial charge in [-0.1, -0.05) is 11.8 Å². The topological polar surface area (TPSA) is 51.2 Å². The number of aromatic nitrogens is 1. The van der Waals surface area contributed by atoms with Gasteiger partial charge in [0.25, 0.3) is 0 Å². The number of pyridine rings is 1. The fraction of sp³-hybridized carbons (Fsp3) is 0.429. The number of hydrogen-bond acceptors (Lipinski definition) is 3. The van der Waals surface area contributed by atoms with E-state index in [1.807, 2.05) is 0 Å². The second kappa shape index (κ2) is 6.74. The Morgan fingerprint density at radius 3 is 2.79 bits per heavy atom. The average molecular weight is 264 g/mol. The molecule has 0 atom stereocenters. The molecule has 0 spiro atoms. The van der Waals surface area contributed by atoms with Gasteiger partial charge in [-0.05, 0) is 32.9 Å². The highest BCUT2D eigenvalue weighted by Crippen LogP contribution is 2.06. The molecule has 0 fully saturated rings. The minimum atomic E-state index is -0.530.